The number of carbonyl (C=O) groups excluding carboxylic acids is 1. The van der Waals surface area contributed by atoms with E-state index in [0.29, 0.717) is 16.1 Å². The van der Waals surface area contributed by atoms with E-state index in [0.717, 1.165) is 10.2 Å². The highest BCUT2D eigenvalue weighted by Gasteiger charge is 2.20. The molecule has 0 aliphatic rings. The number of thiophene rings is 1. The molecule has 1 amide bonds. The maximum Gasteiger partial charge on any atom is 0.352 e. The van der Waals surface area contributed by atoms with Crippen LogP contribution in [0.15, 0.2) is 45.3 Å². The molecule has 0 saturated heterocycles. The van der Waals surface area contributed by atoms with Gasteiger partial charge < -0.3 is 5.32 Å². The fraction of sp³-hybridized carbons (Fsp3) is 0.364. The predicted octanol–water partition coefficient (Wildman–Crippen LogP) is 2.57. The van der Waals surface area contributed by atoms with E-state index in [-0.39, 0.29) is 36.4 Å². The quantitative estimate of drug-likeness (QED) is 0.500. The smallest absolute Gasteiger partial charge is 0.352 e. The van der Waals surface area contributed by atoms with Crippen LogP contribution in [0.1, 0.15) is 44.7 Å². The summed E-state index contributed by atoms with van der Waals surface area (Å²) in [5, 5.41) is 8.91. The zero-order chi connectivity index (χ0) is 22.3. The molecule has 4 rings (SSSR count). The van der Waals surface area contributed by atoms with E-state index in [1.165, 1.54) is 25.9 Å². The Morgan fingerprint density at radius 1 is 1.10 bits per heavy atom. The number of carbonyl (C=O) groups is 1. The lowest BCUT2D eigenvalue weighted by Gasteiger charge is -2.10. The average molecular weight is 440 g/mol. The molecule has 0 atom stereocenters. The number of hydrogen-bond acceptors (Lipinski definition) is 5. The summed E-state index contributed by atoms with van der Waals surface area (Å²) in [5.41, 5.74) is 2.02. The Bertz CT molecular complexity index is 1370. The zero-order valence-electron chi connectivity index (χ0n) is 18.0. The SMILES string of the molecule is CC(C)NC(=O)Cn1nc2n(Cc3ccc(C(C)C)cc3)c(=O)c3sccc3n2c1=O. The van der Waals surface area contributed by atoms with Crippen molar-refractivity contribution in [1.82, 2.24) is 24.1 Å². The van der Waals surface area contributed by atoms with Gasteiger partial charge in [0, 0.05) is 6.04 Å². The molecule has 0 saturated carbocycles. The molecule has 4 aromatic rings. The van der Waals surface area contributed by atoms with E-state index in [2.05, 4.69) is 24.3 Å². The maximum atomic E-state index is 13.2. The molecule has 0 aliphatic heterocycles. The van der Waals surface area contributed by atoms with Gasteiger partial charge in [0.1, 0.15) is 11.2 Å². The minimum Gasteiger partial charge on any atom is -0.352 e. The lowest BCUT2D eigenvalue weighted by molar-refractivity contribution is -0.122. The molecule has 0 unspecified atom stereocenters. The molecule has 0 bridgehead atoms. The van der Waals surface area contributed by atoms with Crippen LogP contribution in [0.25, 0.3) is 16.0 Å². The minimum atomic E-state index is -0.443. The Hall–Kier alpha value is -3.20. The summed E-state index contributed by atoms with van der Waals surface area (Å²) >= 11 is 1.29. The number of nitrogens with one attached hydrogen (secondary N) is 1. The molecule has 0 radical (unpaired) electrons. The molecule has 9 heteroatoms. The van der Waals surface area contributed by atoms with Crippen molar-refractivity contribution in [2.75, 3.05) is 0 Å². The maximum absolute atomic E-state index is 13.2. The van der Waals surface area contributed by atoms with Crippen LogP contribution in [0.4, 0.5) is 0 Å². The van der Waals surface area contributed by atoms with Crippen molar-refractivity contribution in [3.63, 3.8) is 0 Å². The van der Waals surface area contributed by atoms with Crippen LogP contribution in [0.3, 0.4) is 0 Å². The minimum absolute atomic E-state index is 0.0456. The molecule has 1 N–H and O–H groups in total. The van der Waals surface area contributed by atoms with Crippen molar-refractivity contribution in [1.29, 1.82) is 0 Å². The molecule has 8 nitrogen and oxygen atoms in total. The summed E-state index contributed by atoms with van der Waals surface area (Å²) in [6.07, 6.45) is 0. The standard InChI is InChI=1S/C22H25N5O3S/c1-13(2)16-7-5-15(6-8-16)11-25-20(29)19-17(9-10-31-19)27-21(25)24-26(22(27)30)12-18(28)23-14(3)4/h5-10,13-14H,11-12H2,1-4H3,(H,23,28). The monoisotopic (exact) mass is 439 g/mol. The van der Waals surface area contributed by atoms with E-state index in [4.69, 9.17) is 0 Å². The second-order valence-electron chi connectivity index (χ2n) is 8.22. The van der Waals surface area contributed by atoms with Gasteiger partial charge in [-0.15, -0.1) is 16.4 Å². The second-order valence-corrected chi connectivity index (χ2v) is 9.14. The molecule has 0 spiro atoms. The first-order valence-corrected chi connectivity index (χ1v) is 11.1. The topological polar surface area (TPSA) is 90.4 Å². The highest BCUT2D eigenvalue weighted by molar-refractivity contribution is 7.17. The molecule has 162 valence electrons. The number of rotatable bonds is 6. The van der Waals surface area contributed by atoms with Crippen molar-refractivity contribution in [3.05, 3.63) is 67.7 Å². The summed E-state index contributed by atoms with van der Waals surface area (Å²) in [6, 6.07) is 9.76. The molecule has 0 aliphatic carbocycles. The number of aromatic nitrogens is 4. The highest BCUT2D eigenvalue weighted by atomic mass is 32.1. The Kier molecular flexibility index (Phi) is 5.53. The van der Waals surface area contributed by atoms with Gasteiger partial charge in [0.2, 0.25) is 11.7 Å². The Labute approximate surface area is 182 Å². The third-order valence-electron chi connectivity index (χ3n) is 5.12. The molecule has 1 aromatic carbocycles. The van der Waals surface area contributed by atoms with E-state index >= 15 is 0 Å². The van der Waals surface area contributed by atoms with Crippen LogP contribution < -0.4 is 16.6 Å². The third kappa shape index (κ3) is 3.93. The number of benzene rings is 1. The van der Waals surface area contributed by atoms with Crippen LogP contribution in [0.5, 0.6) is 0 Å². The van der Waals surface area contributed by atoms with Gasteiger partial charge >= 0.3 is 5.69 Å². The van der Waals surface area contributed by atoms with Crippen molar-refractivity contribution in [2.45, 2.75) is 52.7 Å². The fourth-order valence-electron chi connectivity index (χ4n) is 3.57. The van der Waals surface area contributed by atoms with Gasteiger partial charge in [0.15, 0.2) is 0 Å². The molecular formula is C22H25N5O3S. The van der Waals surface area contributed by atoms with E-state index in [9.17, 15) is 14.4 Å². The van der Waals surface area contributed by atoms with Crippen LogP contribution in [0, 0.1) is 0 Å². The van der Waals surface area contributed by atoms with Gasteiger partial charge in [0.05, 0.1) is 12.1 Å². The van der Waals surface area contributed by atoms with Gasteiger partial charge in [-0.05, 0) is 42.3 Å². The van der Waals surface area contributed by atoms with E-state index < -0.39 is 5.69 Å². The third-order valence-corrected chi connectivity index (χ3v) is 6.01. The Morgan fingerprint density at radius 3 is 2.45 bits per heavy atom. The van der Waals surface area contributed by atoms with Gasteiger partial charge in [-0.25, -0.2) is 13.9 Å². The number of fused-ring (bicyclic) bond motifs is 3. The summed E-state index contributed by atoms with van der Waals surface area (Å²) in [6.45, 7) is 8.03. The highest BCUT2D eigenvalue weighted by Crippen LogP contribution is 2.19. The fourth-order valence-corrected chi connectivity index (χ4v) is 4.40. The average Bonchev–Trinajstić information content (AvgIpc) is 3.30. The number of amides is 1. The van der Waals surface area contributed by atoms with Crippen LogP contribution in [-0.2, 0) is 17.9 Å². The first kappa shape index (κ1) is 21.0. The molecule has 3 heterocycles. The lowest BCUT2D eigenvalue weighted by atomic mass is 10.0. The lowest BCUT2D eigenvalue weighted by Crippen LogP contribution is -2.36. The molecular weight excluding hydrogens is 414 g/mol. The second kappa shape index (κ2) is 8.14. The van der Waals surface area contributed by atoms with Gasteiger partial charge in [-0.1, -0.05) is 38.1 Å². The largest absolute Gasteiger partial charge is 0.352 e. The molecule has 0 fully saturated rings. The first-order chi connectivity index (χ1) is 14.8. The van der Waals surface area contributed by atoms with Crippen molar-refractivity contribution in [3.8, 4) is 0 Å². The summed E-state index contributed by atoms with van der Waals surface area (Å²) in [7, 11) is 0. The van der Waals surface area contributed by atoms with E-state index in [1.807, 2.05) is 38.1 Å². The summed E-state index contributed by atoms with van der Waals surface area (Å²) < 4.78 is 4.52. The number of nitrogens with zero attached hydrogens (tertiary/aromatic N) is 4. The van der Waals surface area contributed by atoms with Crippen molar-refractivity contribution < 1.29 is 4.79 Å². The van der Waals surface area contributed by atoms with Gasteiger partial charge in [-0.3, -0.25) is 14.2 Å². The van der Waals surface area contributed by atoms with E-state index in [1.54, 1.807) is 11.4 Å². The van der Waals surface area contributed by atoms with Crippen LogP contribution in [0.2, 0.25) is 0 Å². The normalized spacial score (nSPS) is 11.8. The summed E-state index contributed by atoms with van der Waals surface area (Å²) in [4.78, 5) is 38.5. The first-order valence-electron chi connectivity index (χ1n) is 10.2. The number of hydrogen-bond donors (Lipinski definition) is 1. The Morgan fingerprint density at radius 2 is 1.81 bits per heavy atom. The van der Waals surface area contributed by atoms with Gasteiger partial charge in [0.25, 0.3) is 5.56 Å². The van der Waals surface area contributed by atoms with Crippen molar-refractivity contribution >= 4 is 33.2 Å². The van der Waals surface area contributed by atoms with Crippen LogP contribution >= 0.6 is 11.3 Å². The van der Waals surface area contributed by atoms with Crippen LogP contribution in [-0.4, -0.2) is 30.7 Å². The summed E-state index contributed by atoms with van der Waals surface area (Å²) in [5.74, 6) is 0.337. The molecule has 3 aromatic heterocycles. The molecule has 31 heavy (non-hydrogen) atoms. The predicted molar refractivity (Wildman–Crippen MR) is 122 cm³/mol. The Balaban J connectivity index is 1.84. The van der Waals surface area contributed by atoms with Crippen molar-refractivity contribution in [2.24, 2.45) is 0 Å². The van der Waals surface area contributed by atoms with Gasteiger partial charge in [-0.2, -0.15) is 0 Å². The zero-order valence-corrected chi connectivity index (χ0v) is 18.8.